The smallest absolute Gasteiger partial charge is 0.224 e. The molecule has 0 aromatic rings. The summed E-state index contributed by atoms with van der Waals surface area (Å²) in [4.78, 5) is 11.7. The van der Waals surface area contributed by atoms with Crippen molar-refractivity contribution in [1.82, 2.24) is 5.32 Å². The molecular formula is C12H26N2O2. The van der Waals surface area contributed by atoms with E-state index in [-0.39, 0.29) is 23.8 Å². The van der Waals surface area contributed by atoms with Gasteiger partial charge < -0.3 is 16.2 Å². The number of carbonyl (C=O) groups is 1. The Morgan fingerprint density at radius 2 is 1.94 bits per heavy atom. The van der Waals surface area contributed by atoms with Gasteiger partial charge in [0.25, 0.3) is 0 Å². The van der Waals surface area contributed by atoms with Crippen molar-refractivity contribution in [2.75, 3.05) is 19.7 Å². The van der Waals surface area contributed by atoms with Gasteiger partial charge in [-0.25, -0.2) is 0 Å². The number of nitrogens with one attached hydrogen (secondary N) is 1. The zero-order chi connectivity index (χ0) is 12.6. The van der Waals surface area contributed by atoms with Gasteiger partial charge in [0.05, 0.1) is 6.61 Å². The molecule has 16 heavy (non-hydrogen) atoms. The Morgan fingerprint density at radius 3 is 2.25 bits per heavy atom. The number of carbonyl (C=O) groups excluding carboxylic acids is 1. The van der Waals surface area contributed by atoms with E-state index in [2.05, 4.69) is 5.32 Å². The second kappa shape index (κ2) is 7.63. The van der Waals surface area contributed by atoms with Gasteiger partial charge in [-0.1, -0.05) is 20.8 Å². The molecule has 0 heterocycles. The number of aliphatic hydroxyl groups excluding tert-OH is 1. The van der Waals surface area contributed by atoms with E-state index in [1.165, 1.54) is 0 Å². The summed E-state index contributed by atoms with van der Waals surface area (Å²) < 4.78 is 0. The van der Waals surface area contributed by atoms with Gasteiger partial charge in [0.2, 0.25) is 5.91 Å². The van der Waals surface area contributed by atoms with E-state index in [1.807, 2.05) is 20.8 Å². The monoisotopic (exact) mass is 230 g/mol. The lowest BCUT2D eigenvalue weighted by atomic mass is 9.83. The summed E-state index contributed by atoms with van der Waals surface area (Å²) in [6.07, 6.45) is 2.48. The largest absolute Gasteiger partial charge is 0.396 e. The van der Waals surface area contributed by atoms with Crippen LogP contribution in [0.1, 0.15) is 40.0 Å². The molecule has 0 saturated carbocycles. The van der Waals surface area contributed by atoms with Crippen LogP contribution in [0.25, 0.3) is 0 Å². The molecule has 0 aliphatic heterocycles. The molecule has 1 atom stereocenters. The third kappa shape index (κ3) is 4.10. The van der Waals surface area contributed by atoms with E-state index in [9.17, 15) is 9.90 Å². The van der Waals surface area contributed by atoms with Gasteiger partial charge in [-0.2, -0.15) is 0 Å². The molecular weight excluding hydrogens is 204 g/mol. The Kier molecular flexibility index (Phi) is 7.34. The summed E-state index contributed by atoms with van der Waals surface area (Å²) in [6.45, 7) is 7.05. The average molecular weight is 230 g/mol. The lowest BCUT2D eigenvalue weighted by Crippen LogP contribution is -2.43. The standard InChI is InChI=1S/C12H26N2O2/c1-4-10(7-13)11(16)14-8-12(5-2,6-3)9-15/h10,15H,4-9,13H2,1-3H3,(H,14,16). The molecule has 1 unspecified atom stereocenters. The lowest BCUT2D eigenvalue weighted by molar-refractivity contribution is -0.125. The Balaban J connectivity index is 4.25. The molecule has 0 aliphatic rings. The zero-order valence-corrected chi connectivity index (χ0v) is 10.8. The van der Waals surface area contributed by atoms with Crippen molar-refractivity contribution in [3.63, 3.8) is 0 Å². The molecule has 96 valence electrons. The van der Waals surface area contributed by atoms with Crippen LogP contribution >= 0.6 is 0 Å². The van der Waals surface area contributed by atoms with E-state index >= 15 is 0 Å². The van der Waals surface area contributed by atoms with E-state index in [1.54, 1.807) is 0 Å². The number of rotatable bonds is 8. The first-order valence-corrected chi connectivity index (χ1v) is 6.17. The first-order valence-electron chi connectivity index (χ1n) is 6.17. The van der Waals surface area contributed by atoms with Crippen LogP contribution in [-0.4, -0.2) is 30.7 Å². The minimum Gasteiger partial charge on any atom is -0.396 e. The van der Waals surface area contributed by atoms with Gasteiger partial charge in [0, 0.05) is 24.4 Å². The molecule has 0 spiro atoms. The van der Waals surface area contributed by atoms with Crippen molar-refractivity contribution in [3.8, 4) is 0 Å². The zero-order valence-electron chi connectivity index (χ0n) is 10.8. The number of hydrogen-bond donors (Lipinski definition) is 3. The van der Waals surface area contributed by atoms with Crippen LogP contribution < -0.4 is 11.1 Å². The van der Waals surface area contributed by atoms with E-state index in [4.69, 9.17) is 5.73 Å². The average Bonchev–Trinajstić information content (AvgIpc) is 2.33. The maximum absolute atomic E-state index is 11.7. The van der Waals surface area contributed by atoms with Crippen LogP contribution in [-0.2, 0) is 4.79 Å². The predicted octanol–water partition coefficient (Wildman–Crippen LogP) is 0.886. The van der Waals surface area contributed by atoms with Crippen LogP contribution in [0.4, 0.5) is 0 Å². The second-order valence-electron chi connectivity index (χ2n) is 4.42. The molecule has 0 bridgehead atoms. The van der Waals surface area contributed by atoms with Crippen LogP contribution in [0.15, 0.2) is 0 Å². The number of nitrogens with two attached hydrogens (primary N) is 1. The van der Waals surface area contributed by atoms with Crippen LogP contribution in [0.5, 0.6) is 0 Å². The summed E-state index contributed by atoms with van der Waals surface area (Å²) in [7, 11) is 0. The summed E-state index contributed by atoms with van der Waals surface area (Å²) in [6, 6.07) is 0. The summed E-state index contributed by atoms with van der Waals surface area (Å²) in [5.74, 6) is -0.102. The minimum absolute atomic E-state index is 0.00438. The summed E-state index contributed by atoms with van der Waals surface area (Å²) >= 11 is 0. The van der Waals surface area contributed by atoms with Gasteiger partial charge in [-0.3, -0.25) is 4.79 Å². The highest BCUT2D eigenvalue weighted by Gasteiger charge is 2.26. The third-order valence-electron chi connectivity index (χ3n) is 3.62. The van der Waals surface area contributed by atoms with Crippen molar-refractivity contribution in [2.24, 2.45) is 17.1 Å². The van der Waals surface area contributed by atoms with Gasteiger partial charge in [0.1, 0.15) is 0 Å². The van der Waals surface area contributed by atoms with Gasteiger partial charge in [-0.05, 0) is 19.3 Å². The van der Waals surface area contributed by atoms with E-state index in [0.717, 1.165) is 19.3 Å². The Morgan fingerprint density at radius 1 is 1.38 bits per heavy atom. The van der Waals surface area contributed by atoms with Gasteiger partial charge in [-0.15, -0.1) is 0 Å². The summed E-state index contributed by atoms with van der Waals surface area (Å²) in [5.41, 5.74) is 5.33. The molecule has 4 N–H and O–H groups in total. The van der Waals surface area contributed by atoms with E-state index in [0.29, 0.717) is 13.1 Å². The number of amides is 1. The fourth-order valence-corrected chi connectivity index (χ4v) is 1.66. The van der Waals surface area contributed by atoms with Crippen molar-refractivity contribution in [3.05, 3.63) is 0 Å². The molecule has 0 aromatic heterocycles. The normalized spacial score (nSPS) is 13.6. The van der Waals surface area contributed by atoms with Crippen molar-refractivity contribution in [1.29, 1.82) is 0 Å². The first kappa shape index (κ1) is 15.4. The molecule has 0 radical (unpaired) electrons. The van der Waals surface area contributed by atoms with E-state index < -0.39 is 0 Å². The Labute approximate surface area is 98.6 Å². The predicted molar refractivity (Wildman–Crippen MR) is 65.9 cm³/mol. The highest BCUT2D eigenvalue weighted by Crippen LogP contribution is 2.24. The topological polar surface area (TPSA) is 75.4 Å². The fourth-order valence-electron chi connectivity index (χ4n) is 1.66. The van der Waals surface area contributed by atoms with Crippen LogP contribution in [0.2, 0.25) is 0 Å². The van der Waals surface area contributed by atoms with Gasteiger partial charge in [0.15, 0.2) is 0 Å². The summed E-state index contributed by atoms with van der Waals surface area (Å²) in [5, 5.41) is 12.3. The molecule has 0 aliphatic carbocycles. The maximum Gasteiger partial charge on any atom is 0.224 e. The molecule has 0 saturated heterocycles. The highest BCUT2D eigenvalue weighted by atomic mass is 16.3. The number of hydrogen-bond acceptors (Lipinski definition) is 3. The first-order chi connectivity index (χ1) is 7.59. The minimum atomic E-state index is -0.178. The van der Waals surface area contributed by atoms with Crippen LogP contribution in [0.3, 0.4) is 0 Å². The molecule has 1 amide bonds. The number of aliphatic hydroxyl groups is 1. The van der Waals surface area contributed by atoms with Crippen LogP contribution in [0, 0.1) is 11.3 Å². The highest BCUT2D eigenvalue weighted by molar-refractivity contribution is 5.78. The molecule has 0 fully saturated rings. The second-order valence-corrected chi connectivity index (χ2v) is 4.42. The quantitative estimate of drug-likeness (QED) is 0.579. The molecule has 0 aromatic carbocycles. The Bertz CT molecular complexity index is 191. The third-order valence-corrected chi connectivity index (χ3v) is 3.62. The van der Waals surface area contributed by atoms with Crippen molar-refractivity contribution >= 4 is 5.91 Å². The maximum atomic E-state index is 11.7. The molecule has 4 nitrogen and oxygen atoms in total. The fraction of sp³-hybridized carbons (Fsp3) is 0.917. The SMILES string of the molecule is CCC(CN)C(=O)NCC(CC)(CC)CO. The van der Waals surface area contributed by atoms with Crippen molar-refractivity contribution < 1.29 is 9.90 Å². The molecule has 4 heteroatoms. The van der Waals surface area contributed by atoms with Gasteiger partial charge >= 0.3 is 0 Å². The van der Waals surface area contributed by atoms with Crippen molar-refractivity contribution in [2.45, 2.75) is 40.0 Å². The lowest BCUT2D eigenvalue weighted by Gasteiger charge is -2.30. The molecule has 0 rings (SSSR count). The Hall–Kier alpha value is -0.610.